The third-order valence-electron chi connectivity index (χ3n) is 3.91. The third kappa shape index (κ3) is 3.80. The Morgan fingerprint density at radius 2 is 1.96 bits per heavy atom. The highest BCUT2D eigenvalue weighted by atomic mass is 127. The SMILES string of the molecule is Cc1cc(I)ccc1N=Nc1c(C)[nH]n(-c2nc(C(C)(C)C)cs2)c1=O. The van der Waals surface area contributed by atoms with Crippen LogP contribution < -0.4 is 5.56 Å². The maximum absolute atomic E-state index is 12.8. The van der Waals surface area contributed by atoms with E-state index in [1.54, 1.807) is 0 Å². The van der Waals surface area contributed by atoms with Gasteiger partial charge in [-0.2, -0.15) is 9.80 Å². The van der Waals surface area contributed by atoms with Crippen LogP contribution >= 0.6 is 33.9 Å². The summed E-state index contributed by atoms with van der Waals surface area (Å²) in [5, 5.41) is 14.1. The minimum absolute atomic E-state index is 0.0646. The third-order valence-corrected chi connectivity index (χ3v) is 5.41. The van der Waals surface area contributed by atoms with Gasteiger partial charge in [-0.15, -0.1) is 16.5 Å². The smallest absolute Gasteiger partial charge is 0.291 e. The van der Waals surface area contributed by atoms with Crippen molar-refractivity contribution in [3.63, 3.8) is 0 Å². The Balaban J connectivity index is 1.97. The second-order valence-corrected chi connectivity index (χ2v) is 9.20. The molecule has 0 spiro atoms. The molecule has 0 aliphatic rings. The average Bonchev–Trinajstić information content (AvgIpc) is 3.13. The molecule has 0 bridgehead atoms. The molecule has 3 rings (SSSR count). The molecule has 0 saturated heterocycles. The van der Waals surface area contributed by atoms with Gasteiger partial charge in [-0.1, -0.05) is 20.8 Å². The molecule has 0 atom stereocenters. The summed E-state index contributed by atoms with van der Waals surface area (Å²) in [6.07, 6.45) is 0. The van der Waals surface area contributed by atoms with Crippen LogP contribution in [0.5, 0.6) is 0 Å². The van der Waals surface area contributed by atoms with E-state index >= 15 is 0 Å². The molecule has 0 radical (unpaired) electrons. The van der Waals surface area contributed by atoms with Gasteiger partial charge < -0.3 is 0 Å². The van der Waals surface area contributed by atoms with Crippen molar-refractivity contribution >= 4 is 45.3 Å². The summed E-state index contributed by atoms with van der Waals surface area (Å²) in [5.74, 6) is 0. The predicted octanol–water partition coefficient (Wildman–Crippen LogP) is 5.56. The molecule has 0 unspecified atom stereocenters. The zero-order chi connectivity index (χ0) is 19.1. The van der Waals surface area contributed by atoms with Crippen molar-refractivity contribution in [3.8, 4) is 5.13 Å². The molecule has 0 aliphatic carbocycles. The second-order valence-electron chi connectivity index (χ2n) is 7.12. The first kappa shape index (κ1) is 19.0. The molecule has 1 N–H and O–H groups in total. The number of H-pyrrole nitrogens is 1. The first-order valence-electron chi connectivity index (χ1n) is 8.12. The highest BCUT2D eigenvalue weighted by Crippen LogP contribution is 2.27. The van der Waals surface area contributed by atoms with E-state index in [0.29, 0.717) is 16.5 Å². The number of halogens is 1. The van der Waals surface area contributed by atoms with Crippen LogP contribution in [0, 0.1) is 17.4 Å². The summed E-state index contributed by atoms with van der Waals surface area (Å²) >= 11 is 3.69. The lowest BCUT2D eigenvalue weighted by Gasteiger charge is -2.13. The quantitative estimate of drug-likeness (QED) is 0.393. The van der Waals surface area contributed by atoms with Crippen molar-refractivity contribution in [1.82, 2.24) is 14.8 Å². The van der Waals surface area contributed by atoms with Crippen molar-refractivity contribution in [2.75, 3.05) is 0 Å². The molecule has 0 saturated carbocycles. The lowest BCUT2D eigenvalue weighted by atomic mass is 9.93. The number of aromatic amines is 1. The lowest BCUT2D eigenvalue weighted by molar-refractivity contribution is 0.571. The van der Waals surface area contributed by atoms with E-state index in [1.807, 2.05) is 37.4 Å². The number of thiazole rings is 1. The fourth-order valence-electron chi connectivity index (χ4n) is 2.34. The molecular formula is C18H20IN5OS. The number of hydrogen-bond donors (Lipinski definition) is 1. The molecule has 0 aliphatic heterocycles. The van der Waals surface area contributed by atoms with E-state index in [4.69, 9.17) is 0 Å². The van der Waals surface area contributed by atoms with Crippen LogP contribution in [0.3, 0.4) is 0 Å². The van der Waals surface area contributed by atoms with E-state index in [1.165, 1.54) is 16.0 Å². The normalized spacial score (nSPS) is 12.2. The van der Waals surface area contributed by atoms with Crippen LogP contribution in [-0.2, 0) is 5.41 Å². The van der Waals surface area contributed by atoms with E-state index in [2.05, 4.69) is 63.7 Å². The Morgan fingerprint density at radius 3 is 2.58 bits per heavy atom. The number of rotatable bonds is 3. The van der Waals surface area contributed by atoms with Crippen LogP contribution in [0.4, 0.5) is 11.4 Å². The van der Waals surface area contributed by atoms with Crippen molar-refractivity contribution in [2.24, 2.45) is 10.2 Å². The number of azo groups is 1. The Hall–Kier alpha value is -1.81. The summed E-state index contributed by atoms with van der Waals surface area (Å²) in [4.78, 5) is 17.3. The van der Waals surface area contributed by atoms with E-state index in [0.717, 1.165) is 20.5 Å². The Kier molecular flexibility index (Phi) is 5.16. The molecule has 26 heavy (non-hydrogen) atoms. The van der Waals surface area contributed by atoms with Gasteiger partial charge in [0.1, 0.15) is 0 Å². The molecule has 1 aromatic carbocycles. The lowest BCUT2D eigenvalue weighted by Crippen LogP contribution is -2.16. The van der Waals surface area contributed by atoms with Gasteiger partial charge in [-0.25, -0.2) is 4.98 Å². The standard InChI is InChI=1S/C18H20IN5OS/c1-10-8-12(19)6-7-13(10)21-22-15-11(2)23-24(16(15)25)17-20-14(9-26-17)18(3,4)5/h6-9,23H,1-5H3. The zero-order valence-electron chi connectivity index (χ0n) is 15.3. The van der Waals surface area contributed by atoms with Gasteiger partial charge >= 0.3 is 5.56 Å². The first-order valence-corrected chi connectivity index (χ1v) is 10.1. The molecule has 3 aromatic rings. The van der Waals surface area contributed by atoms with Crippen molar-refractivity contribution in [3.05, 3.63) is 54.5 Å². The first-order chi connectivity index (χ1) is 12.2. The summed E-state index contributed by atoms with van der Waals surface area (Å²) in [6.45, 7) is 10.1. The van der Waals surface area contributed by atoms with Crippen LogP contribution in [0.15, 0.2) is 38.6 Å². The van der Waals surface area contributed by atoms with E-state index in [9.17, 15) is 4.79 Å². The number of benzene rings is 1. The van der Waals surface area contributed by atoms with Crippen LogP contribution in [0.2, 0.25) is 0 Å². The fraction of sp³-hybridized carbons (Fsp3) is 0.333. The minimum atomic E-state index is -0.246. The molecule has 6 nitrogen and oxygen atoms in total. The average molecular weight is 481 g/mol. The highest BCUT2D eigenvalue weighted by Gasteiger charge is 2.20. The van der Waals surface area contributed by atoms with Crippen LogP contribution in [-0.4, -0.2) is 14.8 Å². The molecule has 136 valence electrons. The minimum Gasteiger partial charge on any atom is -0.291 e. The number of nitrogens with one attached hydrogen (secondary N) is 1. The summed E-state index contributed by atoms with van der Waals surface area (Å²) in [5.41, 5.74) is 3.37. The summed E-state index contributed by atoms with van der Waals surface area (Å²) in [7, 11) is 0. The molecular weight excluding hydrogens is 461 g/mol. The highest BCUT2D eigenvalue weighted by molar-refractivity contribution is 14.1. The van der Waals surface area contributed by atoms with Crippen LogP contribution in [0.1, 0.15) is 37.7 Å². The van der Waals surface area contributed by atoms with Gasteiger partial charge in [0, 0.05) is 14.4 Å². The molecule has 0 amide bonds. The maximum Gasteiger partial charge on any atom is 0.301 e. The van der Waals surface area contributed by atoms with Gasteiger partial charge in [-0.3, -0.25) is 9.89 Å². The van der Waals surface area contributed by atoms with Crippen molar-refractivity contribution < 1.29 is 0 Å². The van der Waals surface area contributed by atoms with Gasteiger partial charge in [-0.05, 0) is 60.2 Å². The van der Waals surface area contributed by atoms with Crippen molar-refractivity contribution in [1.29, 1.82) is 0 Å². The van der Waals surface area contributed by atoms with Gasteiger partial charge in [0.2, 0.25) is 5.13 Å². The molecule has 2 heterocycles. The number of hydrogen-bond acceptors (Lipinski definition) is 5. The molecule has 2 aromatic heterocycles. The van der Waals surface area contributed by atoms with E-state index < -0.39 is 0 Å². The summed E-state index contributed by atoms with van der Waals surface area (Å²) < 4.78 is 2.57. The maximum atomic E-state index is 12.8. The Bertz CT molecular complexity index is 1040. The zero-order valence-corrected chi connectivity index (χ0v) is 18.3. The second kappa shape index (κ2) is 7.07. The molecule has 0 fully saturated rings. The van der Waals surface area contributed by atoms with Gasteiger partial charge in [0.15, 0.2) is 5.69 Å². The van der Waals surface area contributed by atoms with E-state index in [-0.39, 0.29) is 11.0 Å². The number of aryl methyl sites for hydroxylation is 2. The Morgan fingerprint density at radius 1 is 1.23 bits per heavy atom. The largest absolute Gasteiger partial charge is 0.301 e. The fourth-order valence-corrected chi connectivity index (χ4v) is 3.99. The number of nitrogens with zero attached hydrogens (tertiary/aromatic N) is 4. The number of aromatic nitrogens is 3. The van der Waals surface area contributed by atoms with Gasteiger partial charge in [0.05, 0.1) is 17.1 Å². The monoisotopic (exact) mass is 481 g/mol. The predicted molar refractivity (Wildman–Crippen MR) is 114 cm³/mol. The van der Waals surface area contributed by atoms with Crippen molar-refractivity contribution in [2.45, 2.75) is 40.0 Å². The van der Waals surface area contributed by atoms with Gasteiger partial charge in [0.25, 0.3) is 0 Å². The van der Waals surface area contributed by atoms with Crippen LogP contribution in [0.25, 0.3) is 5.13 Å². The topological polar surface area (TPSA) is 75.4 Å². The summed E-state index contributed by atoms with van der Waals surface area (Å²) in [6, 6.07) is 5.89. The molecule has 8 heteroatoms. The Labute approximate surface area is 169 Å².